The zero-order chi connectivity index (χ0) is 31.8. The lowest BCUT2D eigenvalue weighted by Crippen LogP contribution is -2.30. The Kier molecular flexibility index (Phi) is 8.27. The molecule has 0 unspecified atom stereocenters. The molecule has 0 aliphatic rings. The number of allylic oxidation sites excluding steroid dienone is 1. The number of benzene rings is 2. The van der Waals surface area contributed by atoms with E-state index in [4.69, 9.17) is 16.0 Å². The summed E-state index contributed by atoms with van der Waals surface area (Å²) < 4.78 is 44.9. The lowest BCUT2D eigenvalue weighted by molar-refractivity contribution is -0.153. The molecule has 5 aromatic rings. The summed E-state index contributed by atoms with van der Waals surface area (Å²) in [5, 5.41) is 10.5. The minimum Gasteiger partial charge on any atom is -0.512 e. The molecule has 10 heteroatoms. The van der Waals surface area contributed by atoms with Gasteiger partial charge in [-0.2, -0.15) is 13.2 Å². The van der Waals surface area contributed by atoms with Crippen molar-refractivity contribution >= 4 is 28.5 Å². The van der Waals surface area contributed by atoms with Gasteiger partial charge in [0.2, 0.25) is 5.76 Å². The Balaban J connectivity index is 1.51. The lowest BCUT2D eigenvalue weighted by atomic mass is 9.82. The number of aromatic nitrogens is 2. The molecular weight excluding hydrogens is 591 g/mol. The molecule has 0 saturated carbocycles. The molecule has 3 heterocycles. The lowest BCUT2D eigenvalue weighted by Gasteiger charge is -2.25. The summed E-state index contributed by atoms with van der Waals surface area (Å²) in [5.74, 6) is -1.61. The van der Waals surface area contributed by atoms with Gasteiger partial charge in [0.05, 0.1) is 23.4 Å². The number of aryl methyl sites for hydroxylation is 1. The van der Waals surface area contributed by atoms with Gasteiger partial charge in [-0.1, -0.05) is 54.6 Å². The van der Waals surface area contributed by atoms with Crippen LogP contribution in [0.3, 0.4) is 0 Å². The quantitative estimate of drug-likeness (QED) is 0.175. The fourth-order valence-electron chi connectivity index (χ4n) is 4.85. The molecule has 6 nitrogen and oxygen atoms in total. The average molecular weight is 620 g/mol. The van der Waals surface area contributed by atoms with Gasteiger partial charge < -0.3 is 14.4 Å². The van der Waals surface area contributed by atoms with Gasteiger partial charge in [0, 0.05) is 28.9 Å². The highest BCUT2D eigenvalue weighted by atomic mass is 35.5. The molecule has 2 aromatic carbocycles. The molecule has 0 aliphatic carbocycles. The van der Waals surface area contributed by atoms with Crippen molar-refractivity contribution in [1.82, 2.24) is 14.9 Å². The molecule has 1 amide bonds. The van der Waals surface area contributed by atoms with E-state index >= 15 is 0 Å². The van der Waals surface area contributed by atoms with Crippen LogP contribution in [0.4, 0.5) is 13.2 Å². The number of rotatable bonds is 8. The van der Waals surface area contributed by atoms with Gasteiger partial charge in [-0.3, -0.25) is 14.8 Å². The molecule has 44 heavy (non-hydrogen) atoms. The van der Waals surface area contributed by atoms with Gasteiger partial charge in [0.15, 0.2) is 0 Å². The number of amides is 1. The third kappa shape index (κ3) is 6.33. The first-order chi connectivity index (χ1) is 20.7. The predicted molar refractivity (Wildman–Crippen MR) is 163 cm³/mol. The molecule has 5 rings (SSSR count). The minimum absolute atomic E-state index is 0.0207. The summed E-state index contributed by atoms with van der Waals surface area (Å²) >= 11 is 6.75. The van der Waals surface area contributed by atoms with Crippen LogP contribution in [0.1, 0.15) is 52.5 Å². The van der Waals surface area contributed by atoms with Gasteiger partial charge in [0.1, 0.15) is 11.3 Å². The second kappa shape index (κ2) is 11.8. The Morgan fingerprint density at radius 1 is 1.00 bits per heavy atom. The maximum Gasteiger partial charge on any atom is 0.449 e. The van der Waals surface area contributed by atoms with Crippen LogP contribution in [-0.4, -0.2) is 25.9 Å². The van der Waals surface area contributed by atoms with Crippen molar-refractivity contribution in [3.05, 3.63) is 130 Å². The first-order valence-corrected chi connectivity index (χ1v) is 14.1. The number of aliphatic hydroxyl groups excluding tert-OH is 1. The molecule has 0 fully saturated rings. The minimum atomic E-state index is -4.66. The van der Waals surface area contributed by atoms with Crippen molar-refractivity contribution in [3.63, 3.8) is 0 Å². The Morgan fingerprint density at radius 2 is 1.75 bits per heavy atom. The Labute approximate surface area is 257 Å². The number of hydrogen-bond donors (Lipinski definition) is 1. The second-order valence-corrected chi connectivity index (χ2v) is 11.5. The molecule has 0 spiro atoms. The Morgan fingerprint density at radius 3 is 2.43 bits per heavy atom. The fourth-order valence-corrected chi connectivity index (χ4v) is 5.09. The van der Waals surface area contributed by atoms with E-state index in [2.05, 4.69) is 16.5 Å². The van der Waals surface area contributed by atoms with Crippen LogP contribution in [0, 0.1) is 6.92 Å². The molecule has 3 aromatic heterocycles. The SMILES string of the molecule is C=C(O)C(C)(C)c1cccc(-c2ccc(CN(Cc3ccc(C(F)(F)F)o3)C(=O)c3cc(C)nc4cccnc34)c(Cl)c2)c1. The van der Waals surface area contributed by atoms with Crippen LogP contribution >= 0.6 is 11.6 Å². The number of pyridine rings is 2. The topological polar surface area (TPSA) is 79.5 Å². The summed E-state index contributed by atoms with van der Waals surface area (Å²) in [7, 11) is 0. The van der Waals surface area contributed by atoms with E-state index in [1.54, 1.807) is 43.5 Å². The molecule has 226 valence electrons. The van der Waals surface area contributed by atoms with Gasteiger partial charge in [-0.15, -0.1) is 0 Å². The van der Waals surface area contributed by atoms with Crippen molar-refractivity contribution in [2.75, 3.05) is 0 Å². The molecule has 0 atom stereocenters. The van der Waals surface area contributed by atoms with E-state index in [-0.39, 0.29) is 30.2 Å². The van der Waals surface area contributed by atoms with Crippen LogP contribution in [0.25, 0.3) is 22.2 Å². The zero-order valence-corrected chi connectivity index (χ0v) is 25.0. The van der Waals surface area contributed by atoms with Crippen LogP contribution in [0.15, 0.2) is 95.7 Å². The number of aliphatic hydroxyl groups is 1. The standard InChI is InChI=1S/C34H29ClF3N3O3/c1-20-15-27(31-29(40-20)9-6-14-39-31)32(43)41(19-26-12-13-30(44-26)34(36,37)38)18-24-11-10-23(17-28(24)35)22-7-5-8-25(16-22)33(3,4)21(2)42/h5-17,42H,2,18-19H2,1,3-4H3. The number of carbonyl (C=O) groups is 1. The summed E-state index contributed by atoms with van der Waals surface area (Å²) in [4.78, 5) is 24.2. The van der Waals surface area contributed by atoms with Crippen LogP contribution in [0.5, 0.6) is 0 Å². The summed E-state index contributed by atoms with van der Waals surface area (Å²) in [6.45, 7) is 8.92. The maximum absolute atomic E-state index is 14.0. The van der Waals surface area contributed by atoms with E-state index < -0.39 is 23.3 Å². The monoisotopic (exact) mass is 619 g/mol. The molecule has 0 saturated heterocycles. The van der Waals surface area contributed by atoms with E-state index in [9.17, 15) is 23.1 Å². The normalized spacial score (nSPS) is 12.0. The molecular formula is C34H29ClF3N3O3. The smallest absolute Gasteiger partial charge is 0.449 e. The third-order valence-corrected chi connectivity index (χ3v) is 7.90. The number of fused-ring (bicyclic) bond motifs is 1. The van der Waals surface area contributed by atoms with E-state index in [0.29, 0.717) is 27.3 Å². The van der Waals surface area contributed by atoms with Crippen LogP contribution in [-0.2, 0) is 24.7 Å². The van der Waals surface area contributed by atoms with Crippen molar-refractivity contribution in [3.8, 4) is 11.1 Å². The van der Waals surface area contributed by atoms with Gasteiger partial charge in [-0.05, 0) is 79.4 Å². The molecule has 0 bridgehead atoms. The zero-order valence-electron chi connectivity index (χ0n) is 24.2. The van der Waals surface area contributed by atoms with Gasteiger partial charge >= 0.3 is 6.18 Å². The Hall–Kier alpha value is -4.63. The highest BCUT2D eigenvalue weighted by Crippen LogP contribution is 2.34. The largest absolute Gasteiger partial charge is 0.512 e. The predicted octanol–water partition coefficient (Wildman–Crippen LogP) is 9.06. The number of halogens is 4. The third-order valence-electron chi connectivity index (χ3n) is 7.55. The number of furan rings is 1. The first-order valence-electron chi connectivity index (χ1n) is 13.7. The number of nitrogens with zero attached hydrogens (tertiary/aromatic N) is 3. The van der Waals surface area contributed by atoms with Gasteiger partial charge in [-0.25, -0.2) is 0 Å². The van der Waals surface area contributed by atoms with Crippen molar-refractivity contribution < 1.29 is 27.5 Å². The summed E-state index contributed by atoms with van der Waals surface area (Å²) in [6.07, 6.45) is -3.11. The maximum atomic E-state index is 14.0. The summed E-state index contributed by atoms with van der Waals surface area (Å²) in [6, 6.07) is 20.1. The summed E-state index contributed by atoms with van der Waals surface area (Å²) in [5.41, 5.74) is 4.18. The number of carbonyl (C=O) groups excluding carboxylic acids is 1. The van der Waals surface area contributed by atoms with E-state index in [1.807, 2.05) is 44.2 Å². The molecule has 1 N–H and O–H groups in total. The molecule has 0 radical (unpaired) electrons. The highest BCUT2D eigenvalue weighted by Gasteiger charge is 2.35. The van der Waals surface area contributed by atoms with Crippen LogP contribution < -0.4 is 0 Å². The second-order valence-electron chi connectivity index (χ2n) is 11.1. The van der Waals surface area contributed by atoms with Gasteiger partial charge in [0.25, 0.3) is 5.91 Å². The van der Waals surface area contributed by atoms with E-state index in [1.165, 1.54) is 11.0 Å². The van der Waals surface area contributed by atoms with Crippen molar-refractivity contribution in [2.24, 2.45) is 0 Å². The highest BCUT2D eigenvalue weighted by molar-refractivity contribution is 6.31. The molecule has 0 aliphatic heterocycles. The Bertz CT molecular complexity index is 1880. The first kappa shape index (κ1) is 30.8. The van der Waals surface area contributed by atoms with Crippen LogP contribution in [0.2, 0.25) is 5.02 Å². The fraction of sp³-hybridized carbons (Fsp3) is 0.206. The number of alkyl halides is 3. The number of hydrogen-bond acceptors (Lipinski definition) is 5. The van der Waals surface area contributed by atoms with Crippen molar-refractivity contribution in [2.45, 2.75) is 45.5 Å². The van der Waals surface area contributed by atoms with Crippen molar-refractivity contribution in [1.29, 1.82) is 0 Å². The van der Waals surface area contributed by atoms with E-state index in [0.717, 1.165) is 22.8 Å². The average Bonchev–Trinajstić information content (AvgIpc) is 3.46.